The molecule has 6 aromatic rings. The van der Waals surface area contributed by atoms with E-state index in [1.165, 1.54) is 30.6 Å². The third-order valence-electron chi connectivity index (χ3n) is 10.3. The predicted octanol–water partition coefficient (Wildman–Crippen LogP) is 2.28. The van der Waals surface area contributed by atoms with Crippen molar-refractivity contribution >= 4 is 57.5 Å². The lowest BCUT2D eigenvalue weighted by Gasteiger charge is -2.21. The minimum Gasteiger partial charge on any atom is -0.385 e. The highest BCUT2D eigenvalue weighted by Crippen LogP contribution is 2.27. The van der Waals surface area contributed by atoms with E-state index in [1.54, 1.807) is 56.7 Å². The van der Waals surface area contributed by atoms with E-state index in [-0.39, 0.29) is 59.8 Å². The van der Waals surface area contributed by atoms with E-state index in [0.717, 1.165) is 11.1 Å². The van der Waals surface area contributed by atoms with Crippen LogP contribution in [0.5, 0.6) is 0 Å². The standard InChI is InChI=1S/C39H39FN12O6/c1-41-26-18-30(48-52-29(20-44-34(26)52)37(56)46-25-17-23(25)40)45-24-9-6-16-50(38(24)57)31-13-11-22(19-43-31)35(54)42-15-4-3-7-21-8-5-10-27-33(21)49(2)39(58)51(27)28-12-14-32(53)47-36(28)55/h5-6,8-11,13,16,18-20,23,25,28,41H,3-4,7,12,14-15,17H2,1-2H3,(H,42,54)(H,45,48)(H,46,56)(H,47,53,55)/t23-,25+,28?/m0/s1. The van der Waals surface area contributed by atoms with Crippen LogP contribution in [0.4, 0.5) is 21.6 Å². The Labute approximate surface area is 328 Å². The third-order valence-corrected chi connectivity index (χ3v) is 10.3. The number of piperidine rings is 1. The number of hydrogen-bond acceptors (Lipinski definition) is 11. The molecule has 2 fully saturated rings. The number of nitrogens with one attached hydrogen (secondary N) is 5. The monoisotopic (exact) mass is 790 g/mol. The van der Waals surface area contributed by atoms with Crippen molar-refractivity contribution in [2.75, 3.05) is 24.2 Å². The highest BCUT2D eigenvalue weighted by Gasteiger charge is 2.39. The quantitative estimate of drug-likeness (QED) is 0.0844. The smallest absolute Gasteiger partial charge is 0.329 e. The lowest BCUT2D eigenvalue weighted by molar-refractivity contribution is -0.135. The fraction of sp³-hybridized carbons (Fsp3) is 0.308. The van der Waals surface area contributed by atoms with Gasteiger partial charge in [-0.15, -0.1) is 5.10 Å². The number of carbonyl (C=O) groups excluding carboxylic acids is 4. The van der Waals surface area contributed by atoms with Gasteiger partial charge in [-0.25, -0.2) is 23.7 Å². The number of benzene rings is 1. The Balaban J connectivity index is 0.890. The van der Waals surface area contributed by atoms with E-state index in [4.69, 9.17) is 0 Å². The van der Waals surface area contributed by atoms with Crippen molar-refractivity contribution in [3.63, 3.8) is 0 Å². The van der Waals surface area contributed by atoms with E-state index in [2.05, 4.69) is 41.7 Å². The Morgan fingerprint density at radius 3 is 2.55 bits per heavy atom. The number of alkyl halides is 1. The van der Waals surface area contributed by atoms with Crippen LogP contribution < -0.4 is 37.8 Å². The number of unbranched alkanes of at least 4 members (excludes halogenated alkanes) is 1. The fourth-order valence-corrected chi connectivity index (χ4v) is 7.19. The molecule has 18 nitrogen and oxygen atoms in total. The third kappa shape index (κ3) is 7.17. The fourth-order valence-electron chi connectivity index (χ4n) is 7.19. The summed E-state index contributed by atoms with van der Waals surface area (Å²) in [6.45, 7) is 0.388. The number of aryl methyl sites for hydroxylation is 2. The second-order valence-electron chi connectivity index (χ2n) is 14.2. The summed E-state index contributed by atoms with van der Waals surface area (Å²) in [4.78, 5) is 85.5. The summed E-state index contributed by atoms with van der Waals surface area (Å²) < 4.78 is 19.1. The van der Waals surface area contributed by atoms with Crippen LogP contribution in [0.3, 0.4) is 0 Å². The molecular formula is C39H39FN12O6. The summed E-state index contributed by atoms with van der Waals surface area (Å²) >= 11 is 0. The Morgan fingerprint density at radius 2 is 1.81 bits per heavy atom. The van der Waals surface area contributed by atoms with E-state index in [0.29, 0.717) is 48.2 Å². The van der Waals surface area contributed by atoms with Gasteiger partial charge in [0.05, 0.1) is 34.5 Å². The number of imide groups is 1. The molecule has 1 unspecified atom stereocenters. The van der Waals surface area contributed by atoms with Crippen molar-refractivity contribution in [2.24, 2.45) is 7.05 Å². The van der Waals surface area contributed by atoms with Crippen molar-refractivity contribution in [1.82, 2.24) is 49.2 Å². The summed E-state index contributed by atoms with van der Waals surface area (Å²) in [6.07, 6.45) is 5.88. The van der Waals surface area contributed by atoms with Crippen molar-refractivity contribution in [3.8, 4) is 5.82 Å². The van der Waals surface area contributed by atoms with Crippen LogP contribution in [0.25, 0.3) is 22.5 Å². The number of fused-ring (bicyclic) bond motifs is 2. The highest BCUT2D eigenvalue weighted by atomic mass is 19.1. The van der Waals surface area contributed by atoms with Crippen LogP contribution in [0.15, 0.2) is 76.7 Å². The first-order valence-corrected chi connectivity index (χ1v) is 18.8. The van der Waals surface area contributed by atoms with Gasteiger partial charge in [-0.2, -0.15) is 0 Å². The zero-order valence-electron chi connectivity index (χ0n) is 31.5. The zero-order chi connectivity index (χ0) is 40.7. The number of nitrogens with zero attached hydrogens (tertiary/aromatic N) is 7. The highest BCUT2D eigenvalue weighted by molar-refractivity contribution is 6.00. The van der Waals surface area contributed by atoms with Crippen LogP contribution in [-0.2, 0) is 23.1 Å². The summed E-state index contributed by atoms with van der Waals surface area (Å²) in [5.74, 6) is -1.16. The Morgan fingerprint density at radius 1 is 0.983 bits per heavy atom. The number of carbonyl (C=O) groups is 4. The van der Waals surface area contributed by atoms with Crippen LogP contribution in [0, 0.1) is 0 Å². The molecule has 8 rings (SSSR count). The molecule has 0 bridgehead atoms. The van der Waals surface area contributed by atoms with Crippen molar-refractivity contribution in [3.05, 3.63) is 105 Å². The molecular weight excluding hydrogens is 752 g/mol. The molecule has 6 heterocycles. The second-order valence-corrected chi connectivity index (χ2v) is 14.2. The van der Waals surface area contributed by atoms with Crippen molar-refractivity contribution < 1.29 is 23.6 Å². The van der Waals surface area contributed by atoms with E-state index < -0.39 is 35.6 Å². The summed E-state index contributed by atoms with van der Waals surface area (Å²) in [5, 5.41) is 18.4. The molecule has 4 amide bonds. The maximum absolute atomic E-state index is 13.6. The topological polar surface area (TPSA) is 220 Å². The van der Waals surface area contributed by atoms with Crippen LogP contribution in [0.1, 0.15) is 64.6 Å². The summed E-state index contributed by atoms with van der Waals surface area (Å²) in [5.41, 5.74) is 2.99. The number of amides is 4. The summed E-state index contributed by atoms with van der Waals surface area (Å²) in [6, 6.07) is 12.3. The normalized spacial score (nSPS) is 17.6. The minimum absolute atomic E-state index is 0.108. The van der Waals surface area contributed by atoms with Gasteiger partial charge in [-0.3, -0.25) is 43.0 Å². The number of aromatic nitrogens is 7. The van der Waals surface area contributed by atoms with Gasteiger partial charge >= 0.3 is 5.69 Å². The Hall–Kier alpha value is -7.18. The predicted molar refractivity (Wildman–Crippen MR) is 210 cm³/mol. The molecule has 1 aliphatic heterocycles. The molecule has 298 valence electrons. The largest absolute Gasteiger partial charge is 0.385 e. The average Bonchev–Trinajstić information content (AvgIpc) is 3.62. The van der Waals surface area contributed by atoms with Gasteiger partial charge in [0, 0.05) is 51.9 Å². The lowest BCUT2D eigenvalue weighted by atomic mass is 10.0. The molecule has 58 heavy (non-hydrogen) atoms. The molecule has 1 saturated heterocycles. The number of hydrogen-bond donors (Lipinski definition) is 5. The molecule has 1 saturated carbocycles. The molecule has 3 atom stereocenters. The van der Waals surface area contributed by atoms with Gasteiger partial charge in [0.25, 0.3) is 17.4 Å². The van der Waals surface area contributed by atoms with Crippen LogP contribution >= 0.6 is 0 Å². The lowest BCUT2D eigenvalue weighted by Crippen LogP contribution is -2.44. The van der Waals surface area contributed by atoms with Crippen molar-refractivity contribution in [2.45, 2.75) is 56.8 Å². The van der Waals surface area contributed by atoms with Crippen LogP contribution in [-0.4, -0.2) is 82.7 Å². The Kier molecular flexibility index (Phi) is 10.0. The van der Waals surface area contributed by atoms with E-state index in [9.17, 15) is 33.2 Å². The molecule has 5 N–H and O–H groups in total. The molecule has 0 spiro atoms. The average molecular weight is 791 g/mol. The zero-order valence-corrected chi connectivity index (χ0v) is 31.5. The number of para-hydroxylation sites is 1. The first-order chi connectivity index (χ1) is 28.0. The number of imidazole rings is 2. The van der Waals surface area contributed by atoms with Gasteiger partial charge in [-0.1, -0.05) is 12.1 Å². The number of pyridine rings is 2. The molecule has 1 aromatic carbocycles. The van der Waals surface area contributed by atoms with E-state index in [1.807, 2.05) is 12.1 Å². The van der Waals surface area contributed by atoms with Gasteiger partial charge in [-0.05, 0) is 61.6 Å². The first kappa shape index (κ1) is 37.7. The number of halogens is 1. The summed E-state index contributed by atoms with van der Waals surface area (Å²) in [7, 11) is 3.35. The SMILES string of the molecule is CNc1cc(Nc2cccn(-c3ccc(C(=O)NCCCCc4cccc5c4n(C)c(=O)n5C4CCC(=O)NC4=O)cn3)c2=O)nn2c(C(=O)N[C@@H]3C[C@@H]3F)cnc12. The second kappa shape index (κ2) is 15.4. The molecule has 1 aliphatic carbocycles. The van der Waals surface area contributed by atoms with Crippen LogP contribution in [0.2, 0.25) is 0 Å². The molecule has 5 aromatic heterocycles. The first-order valence-electron chi connectivity index (χ1n) is 18.8. The maximum Gasteiger partial charge on any atom is 0.329 e. The number of rotatable bonds is 13. The maximum atomic E-state index is 13.6. The van der Waals surface area contributed by atoms with E-state index >= 15 is 0 Å². The van der Waals surface area contributed by atoms with Gasteiger partial charge in [0.1, 0.15) is 23.7 Å². The molecule has 2 aliphatic rings. The Bertz CT molecular complexity index is 2740. The van der Waals surface area contributed by atoms with Gasteiger partial charge in [0.15, 0.2) is 17.2 Å². The molecule has 19 heteroatoms. The molecule has 0 radical (unpaired) electrons. The van der Waals surface area contributed by atoms with Gasteiger partial charge < -0.3 is 21.3 Å². The van der Waals surface area contributed by atoms with Gasteiger partial charge in [0.2, 0.25) is 11.8 Å². The minimum atomic E-state index is -1.07. The van der Waals surface area contributed by atoms with Crippen molar-refractivity contribution in [1.29, 1.82) is 0 Å². The number of anilines is 3.